The summed E-state index contributed by atoms with van der Waals surface area (Å²) in [5.74, 6) is 1.50. The third-order valence-electron chi connectivity index (χ3n) is 2.45. The van der Waals surface area contributed by atoms with Crippen molar-refractivity contribution in [3.05, 3.63) is 23.8 Å². The molecule has 1 rings (SSSR count). The van der Waals surface area contributed by atoms with Gasteiger partial charge >= 0.3 is 0 Å². The topological polar surface area (TPSA) is 55.6 Å². The maximum Gasteiger partial charge on any atom is 0.253 e. The fourth-order valence-corrected chi connectivity index (χ4v) is 1.87. The maximum atomic E-state index is 12.0. The monoisotopic (exact) mass is 254 g/mol. The minimum atomic E-state index is -0.0200. The first-order valence-corrected chi connectivity index (χ1v) is 6.67. The molecule has 0 atom stereocenters. The largest absolute Gasteiger partial charge is 0.495 e. The van der Waals surface area contributed by atoms with Crippen LogP contribution in [0.4, 0.5) is 5.69 Å². The van der Waals surface area contributed by atoms with Gasteiger partial charge in [0.15, 0.2) is 0 Å². The van der Waals surface area contributed by atoms with Crippen LogP contribution in [-0.4, -0.2) is 43.5 Å². The van der Waals surface area contributed by atoms with Crippen LogP contribution in [0.5, 0.6) is 5.75 Å². The van der Waals surface area contributed by atoms with E-state index in [0.717, 1.165) is 12.3 Å². The number of hydrogen-bond donors (Lipinski definition) is 1. The summed E-state index contributed by atoms with van der Waals surface area (Å²) in [5, 5.41) is 0. The van der Waals surface area contributed by atoms with E-state index in [1.165, 1.54) is 0 Å². The molecule has 0 bridgehead atoms. The van der Waals surface area contributed by atoms with Gasteiger partial charge in [-0.1, -0.05) is 0 Å². The van der Waals surface area contributed by atoms with E-state index < -0.39 is 0 Å². The second-order valence-corrected chi connectivity index (χ2v) is 4.66. The zero-order valence-electron chi connectivity index (χ0n) is 10.4. The lowest BCUT2D eigenvalue weighted by Crippen LogP contribution is -2.28. The van der Waals surface area contributed by atoms with E-state index in [2.05, 4.69) is 0 Å². The van der Waals surface area contributed by atoms with Crippen LogP contribution in [0.15, 0.2) is 18.2 Å². The number of carbonyl (C=O) groups excluding carboxylic acids is 1. The summed E-state index contributed by atoms with van der Waals surface area (Å²) in [6, 6.07) is 5.09. The van der Waals surface area contributed by atoms with E-state index in [0.29, 0.717) is 17.0 Å². The Hall–Kier alpha value is -1.36. The molecule has 0 fully saturated rings. The van der Waals surface area contributed by atoms with Gasteiger partial charge in [0, 0.05) is 24.9 Å². The Kier molecular flexibility index (Phi) is 5.15. The third kappa shape index (κ3) is 3.56. The zero-order valence-corrected chi connectivity index (χ0v) is 11.2. The summed E-state index contributed by atoms with van der Waals surface area (Å²) >= 11 is 1.71. The van der Waals surface area contributed by atoms with Crippen LogP contribution in [0, 0.1) is 0 Å². The standard InChI is InChI=1S/C12H18N2O2S/c1-14(6-7-17-3)12(15)9-4-5-11(16-2)10(13)8-9/h4-5,8H,6-7,13H2,1-3H3. The van der Waals surface area contributed by atoms with Gasteiger partial charge in [0.05, 0.1) is 12.8 Å². The van der Waals surface area contributed by atoms with Crippen LogP contribution >= 0.6 is 11.8 Å². The Balaban J connectivity index is 2.78. The number of nitrogens with two attached hydrogens (primary N) is 1. The molecule has 0 saturated carbocycles. The number of anilines is 1. The van der Waals surface area contributed by atoms with Gasteiger partial charge in [-0.3, -0.25) is 4.79 Å². The summed E-state index contributed by atoms with van der Waals surface area (Å²) in [6.07, 6.45) is 2.02. The van der Waals surface area contributed by atoms with E-state index in [1.54, 1.807) is 49.0 Å². The quantitative estimate of drug-likeness (QED) is 0.813. The number of methoxy groups -OCH3 is 1. The van der Waals surface area contributed by atoms with Crippen molar-refractivity contribution in [3.8, 4) is 5.75 Å². The van der Waals surface area contributed by atoms with Crippen molar-refractivity contribution in [2.24, 2.45) is 0 Å². The van der Waals surface area contributed by atoms with Crippen molar-refractivity contribution in [2.45, 2.75) is 0 Å². The molecule has 1 aromatic carbocycles. The maximum absolute atomic E-state index is 12.0. The van der Waals surface area contributed by atoms with Gasteiger partial charge in [-0.05, 0) is 24.5 Å². The number of benzene rings is 1. The van der Waals surface area contributed by atoms with Gasteiger partial charge < -0.3 is 15.4 Å². The van der Waals surface area contributed by atoms with Crippen molar-refractivity contribution in [2.75, 3.05) is 38.4 Å². The lowest BCUT2D eigenvalue weighted by Gasteiger charge is -2.17. The summed E-state index contributed by atoms with van der Waals surface area (Å²) in [7, 11) is 3.34. The minimum Gasteiger partial charge on any atom is -0.495 e. The third-order valence-corrected chi connectivity index (χ3v) is 3.04. The van der Waals surface area contributed by atoms with Crippen molar-refractivity contribution in [1.82, 2.24) is 4.90 Å². The van der Waals surface area contributed by atoms with Crippen molar-refractivity contribution in [3.63, 3.8) is 0 Å². The van der Waals surface area contributed by atoms with Crippen molar-refractivity contribution < 1.29 is 9.53 Å². The average molecular weight is 254 g/mol. The number of nitrogen functional groups attached to an aromatic ring is 1. The Labute approximate surface area is 106 Å². The zero-order chi connectivity index (χ0) is 12.8. The molecular weight excluding hydrogens is 236 g/mol. The van der Waals surface area contributed by atoms with Gasteiger partial charge in [-0.2, -0.15) is 11.8 Å². The highest BCUT2D eigenvalue weighted by Gasteiger charge is 2.12. The highest BCUT2D eigenvalue weighted by Crippen LogP contribution is 2.22. The van der Waals surface area contributed by atoms with Crippen molar-refractivity contribution >= 4 is 23.4 Å². The molecule has 0 spiro atoms. The van der Waals surface area contributed by atoms with Crippen LogP contribution in [0.3, 0.4) is 0 Å². The molecule has 0 aliphatic carbocycles. The number of nitrogens with zero attached hydrogens (tertiary/aromatic N) is 1. The number of carbonyl (C=O) groups is 1. The molecule has 94 valence electrons. The molecule has 0 aliphatic rings. The fraction of sp³-hybridized carbons (Fsp3) is 0.417. The summed E-state index contributed by atoms with van der Waals surface area (Å²) in [5.41, 5.74) is 6.84. The summed E-state index contributed by atoms with van der Waals surface area (Å²) < 4.78 is 5.05. The molecule has 0 aromatic heterocycles. The van der Waals surface area contributed by atoms with E-state index in [1.807, 2.05) is 6.26 Å². The second kappa shape index (κ2) is 6.39. The predicted molar refractivity (Wildman–Crippen MR) is 72.7 cm³/mol. The van der Waals surface area contributed by atoms with E-state index in [-0.39, 0.29) is 5.91 Å². The molecule has 1 aromatic rings. The molecule has 17 heavy (non-hydrogen) atoms. The highest BCUT2D eigenvalue weighted by molar-refractivity contribution is 7.98. The molecule has 0 aliphatic heterocycles. The average Bonchev–Trinajstić information content (AvgIpc) is 2.34. The molecule has 0 unspecified atom stereocenters. The van der Waals surface area contributed by atoms with Gasteiger partial charge in [0.25, 0.3) is 5.91 Å². The molecule has 0 saturated heterocycles. The first-order chi connectivity index (χ1) is 8.10. The summed E-state index contributed by atoms with van der Waals surface area (Å²) in [6.45, 7) is 0.728. The molecule has 5 heteroatoms. The van der Waals surface area contributed by atoms with Gasteiger partial charge in [-0.25, -0.2) is 0 Å². The molecule has 0 radical (unpaired) electrons. The number of ether oxygens (including phenoxy) is 1. The van der Waals surface area contributed by atoms with Crippen LogP contribution in [0.25, 0.3) is 0 Å². The smallest absolute Gasteiger partial charge is 0.253 e. The molecule has 4 nitrogen and oxygen atoms in total. The Morgan fingerprint density at radius 2 is 2.24 bits per heavy atom. The molecule has 1 amide bonds. The van der Waals surface area contributed by atoms with Gasteiger partial charge in [0.2, 0.25) is 0 Å². The molecular formula is C12H18N2O2S. The Bertz CT molecular complexity index is 396. The summed E-state index contributed by atoms with van der Waals surface area (Å²) in [4.78, 5) is 13.7. The number of rotatable bonds is 5. The number of hydrogen-bond acceptors (Lipinski definition) is 4. The number of amides is 1. The van der Waals surface area contributed by atoms with Crippen LogP contribution in [0.1, 0.15) is 10.4 Å². The van der Waals surface area contributed by atoms with Crippen LogP contribution in [-0.2, 0) is 0 Å². The first-order valence-electron chi connectivity index (χ1n) is 5.28. The molecule has 2 N–H and O–H groups in total. The fourth-order valence-electron chi connectivity index (χ4n) is 1.42. The van der Waals surface area contributed by atoms with E-state index in [4.69, 9.17) is 10.5 Å². The number of thioether (sulfide) groups is 1. The lowest BCUT2D eigenvalue weighted by molar-refractivity contribution is 0.0804. The highest BCUT2D eigenvalue weighted by atomic mass is 32.2. The minimum absolute atomic E-state index is 0.0200. The predicted octanol–water partition coefficient (Wildman–Crippen LogP) is 1.71. The lowest BCUT2D eigenvalue weighted by atomic mass is 10.1. The SMILES string of the molecule is COc1ccc(C(=O)N(C)CCSC)cc1N. The van der Waals surface area contributed by atoms with Gasteiger partial charge in [-0.15, -0.1) is 0 Å². The van der Waals surface area contributed by atoms with Crippen LogP contribution in [0.2, 0.25) is 0 Å². The first kappa shape index (κ1) is 13.7. The Morgan fingerprint density at radius 3 is 2.76 bits per heavy atom. The van der Waals surface area contributed by atoms with Crippen LogP contribution < -0.4 is 10.5 Å². The van der Waals surface area contributed by atoms with Gasteiger partial charge in [0.1, 0.15) is 5.75 Å². The second-order valence-electron chi connectivity index (χ2n) is 3.68. The van der Waals surface area contributed by atoms with E-state index >= 15 is 0 Å². The van der Waals surface area contributed by atoms with E-state index in [9.17, 15) is 4.79 Å². The normalized spacial score (nSPS) is 10.1. The molecule has 0 heterocycles. The Morgan fingerprint density at radius 1 is 1.53 bits per heavy atom. The van der Waals surface area contributed by atoms with Crippen molar-refractivity contribution in [1.29, 1.82) is 0 Å².